The summed E-state index contributed by atoms with van der Waals surface area (Å²) in [6.45, 7) is 0. The molecule has 55 heavy (non-hydrogen) atoms. The molecule has 5 nitrogen and oxygen atoms in total. The highest BCUT2D eigenvalue weighted by molar-refractivity contribution is 7.26. The molecule has 12 aromatic rings. The van der Waals surface area contributed by atoms with Gasteiger partial charge < -0.3 is 8.83 Å². The van der Waals surface area contributed by atoms with Gasteiger partial charge in [0.2, 0.25) is 0 Å². The molecule has 0 saturated heterocycles. The standard InChI is InChI=1S/C49H27N3O2S/c1-2-11-29-26-31(23-22-28(29)10-1)47-50-48(52-49(51-47)39-18-8-15-36-35-13-4-6-21-43(35)55-46(36)39)38-17-9-20-41-44(38)37-16-7-14-32(45(37)54-41)30-24-25-34-33-12-3-5-19-40(33)53-42(34)27-30/h1-27H. The minimum atomic E-state index is 0.591. The number of hydrogen-bond donors (Lipinski definition) is 0. The van der Waals surface area contributed by atoms with Gasteiger partial charge in [0.05, 0.1) is 0 Å². The number of benzene rings is 8. The quantitative estimate of drug-likeness (QED) is 0.181. The maximum Gasteiger partial charge on any atom is 0.165 e. The average Bonchev–Trinajstić information content (AvgIpc) is 3.94. The highest BCUT2D eigenvalue weighted by Gasteiger charge is 2.21. The van der Waals surface area contributed by atoms with Gasteiger partial charge in [-0.15, -0.1) is 11.3 Å². The van der Waals surface area contributed by atoms with Gasteiger partial charge in [-0.1, -0.05) is 121 Å². The molecule has 0 radical (unpaired) electrons. The maximum absolute atomic E-state index is 6.74. The number of nitrogens with zero attached hydrogens (tertiary/aromatic N) is 3. The largest absolute Gasteiger partial charge is 0.456 e. The second-order valence-electron chi connectivity index (χ2n) is 13.9. The fraction of sp³-hybridized carbons (Fsp3) is 0. The molecule has 8 aromatic carbocycles. The predicted octanol–water partition coefficient (Wildman–Crippen LogP) is 13.9. The van der Waals surface area contributed by atoms with Gasteiger partial charge in [0.1, 0.15) is 22.3 Å². The summed E-state index contributed by atoms with van der Waals surface area (Å²) in [5.41, 5.74) is 8.11. The van der Waals surface area contributed by atoms with Crippen LogP contribution in [0.3, 0.4) is 0 Å². The molecule has 0 aliphatic rings. The van der Waals surface area contributed by atoms with Crippen LogP contribution in [0.2, 0.25) is 0 Å². The van der Waals surface area contributed by atoms with Gasteiger partial charge in [-0.2, -0.15) is 0 Å². The topological polar surface area (TPSA) is 65.0 Å². The van der Waals surface area contributed by atoms with Crippen LogP contribution in [-0.2, 0) is 0 Å². The third-order valence-corrected chi connectivity index (χ3v) is 12.0. The lowest BCUT2D eigenvalue weighted by molar-refractivity contribution is 0.668. The van der Waals surface area contributed by atoms with Crippen molar-refractivity contribution in [2.75, 3.05) is 0 Å². The number of aromatic nitrogens is 3. The summed E-state index contributed by atoms with van der Waals surface area (Å²) in [4.78, 5) is 15.7. The smallest absolute Gasteiger partial charge is 0.165 e. The van der Waals surface area contributed by atoms with Gasteiger partial charge >= 0.3 is 0 Å². The van der Waals surface area contributed by atoms with E-state index in [9.17, 15) is 0 Å². The molecule has 0 saturated carbocycles. The van der Waals surface area contributed by atoms with Crippen LogP contribution < -0.4 is 0 Å². The van der Waals surface area contributed by atoms with Crippen LogP contribution in [0.4, 0.5) is 0 Å². The van der Waals surface area contributed by atoms with E-state index in [1.54, 1.807) is 11.3 Å². The molecule has 0 spiro atoms. The van der Waals surface area contributed by atoms with E-state index < -0.39 is 0 Å². The zero-order valence-corrected chi connectivity index (χ0v) is 30.0. The summed E-state index contributed by atoms with van der Waals surface area (Å²) in [6, 6.07) is 56.8. The number of rotatable bonds is 4. The third kappa shape index (κ3) is 4.68. The predicted molar refractivity (Wildman–Crippen MR) is 227 cm³/mol. The molecule has 6 heteroatoms. The zero-order chi connectivity index (χ0) is 36.0. The van der Waals surface area contributed by atoms with Crippen molar-refractivity contribution < 1.29 is 8.83 Å². The van der Waals surface area contributed by atoms with Crippen LogP contribution >= 0.6 is 11.3 Å². The van der Waals surface area contributed by atoms with E-state index in [1.807, 2.05) is 30.3 Å². The minimum Gasteiger partial charge on any atom is -0.456 e. The highest BCUT2D eigenvalue weighted by atomic mass is 32.1. The Labute approximate surface area is 317 Å². The van der Waals surface area contributed by atoms with Crippen molar-refractivity contribution >= 4 is 86.2 Å². The number of para-hydroxylation sites is 2. The molecule has 4 aromatic heterocycles. The Morgan fingerprint density at radius 2 is 1.04 bits per heavy atom. The highest BCUT2D eigenvalue weighted by Crippen LogP contribution is 2.43. The fourth-order valence-corrected chi connectivity index (χ4v) is 9.36. The van der Waals surface area contributed by atoms with Gasteiger partial charge in [-0.25, -0.2) is 15.0 Å². The first-order valence-corrected chi connectivity index (χ1v) is 19.1. The van der Waals surface area contributed by atoms with Crippen molar-refractivity contribution in [1.29, 1.82) is 0 Å². The summed E-state index contributed by atoms with van der Waals surface area (Å²) in [7, 11) is 0. The van der Waals surface area contributed by atoms with Crippen molar-refractivity contribution in [2.45, 2.75) is 0 Å². The molecule has 256 valence electrons. The van der Waals surface area contributed by atoms with E-state index in [-0.39, 0.29) is 0 Å². The Kier molecular flexibility index (Phi) is 6.44. The molecular weight excluding hydrogens is 695 g/mol. The molecule has 12 rings (SSSR count). The van der Waals surface area contributed by atoms with Crippen molar-refractivity contribution in [3.8, 4) is 45.3 Å². The van der Waals surface area contributed by atoms with Crippen molar-refractivity contribution in [1.82, 2.24) is 15.0 Å². The van der Waals surface area contributed by atoms with E-state index in [0.717, 1.165) is 81.8 Å². The van der Waals surface area contributed by atoms with Crippen molar-refractivity contribution in [3.63, 3.8) is 0 Å². The van der Waals surface area contributed by atoms with Crippen molar-refractivity contribution in [3.05, 3.63) is 164 Å². The average molecular weight is 722 g/mol. The van der Waals surface area contributed by atoms with E-state index in [4.69, 9.17) is 23.8 Å². The number of thiophene rings is 1. The number of fused-ring (bicyclic) bond motifs is 10. The second-order valence-corrected chi connectivity index (χ2v) is 15.0. The first-order chi connectivity index (χ1) is 27.2. The lowest BCUT2D eigenvalue weighted by Crippen LogP contribution is -2.00. The van der Waals surface area contributed by atoms with Gasteiger partial charge in [-0.3, -0.25) is 0 Å². The van der Waals surface area contributed by atoms with Crippen LogP contribution in [0.15, 0.2) is 173 Å². The molecule has 0 unspecified atom stereocenters. The number of hydrogen-bond acceptors (Lipinski definition) is 6. The molecule has 0 amide bonds. The lowest BCUT2D eigenvalue weighted by atomic mass is 9.99. The Bertz CT molecular complexity index is 3520. The van der Waals surface area contributed by atoms with Gasteiger partial charge in [-0.05, 0) is 58.8 Å². The third-order valence-electron chi connectivity index (χ3n) is 10.7. The SMILES string of the molecule is c1ccc2cc(-c3nc(-c4cccc5c4sc4ccccc45)nc(-c4cccc5oc6c(-c7ccc8c(c7)oc7ccccc78)cccc6c45)n3)ccc2c1. The summed E-state index contributed by atoms with van der Waals surface area (Å²) in [5.74, 6) is 1.84. The Morgan fingerprint density at radius 1 is 0.382 bits per heavy atom. The van der Waals surface area contributed by atoms with Crippen LogP contribution in [0.25, 0.3) is 120 Å². The van der Waals surface area contributed by atoms with Gasteiger partial charge in [0.15, 0.2) is 17.5 Å². The van der Waals surface area contributed by atoms with Crippen LogP contribution in [-0.4, -0.2) is 15.0 Å². The minimum absolute atomic E-state index is 0.591. The molecule has 0 atom stereocenters. The fourth-order valence-electron chi connectivity index (χ4n) is 8.15. The summed E-state index contributed by atoms with van der Waals surface area (Å²) in [6.07, 6.45) is 0. The van der Waals surface area contributed by atoms with E-state index in [1.165, 1.54) is 20.9 Å². The van der Waals surface area contributed by atoms with E-state index >= 15 is 0 Å². The molecule has 0 bridgehead atoms. The Hall–Kier alpha value is -7.15. The summed E-state index contributed by atoms with van der Waals surface area (Å²) < 4.78 is 15.4. The second kappa shape index (κ2) is 11.7. The van der Waals surface area contributed by atoms with Crippen LogP contribution in [0, 0.1) is 0 Å². The maximum atomic E-state index is 6.74. The molecule has 0 aliphatic heterocycles. The molecule has 4 heterocycles. The van der Waals surface area contributed by atoms with Gasteiger partial charge in [0, 0.05) is 64.0 Å². The first kappa shape index (κ1) is 30.3. The Balaban J connectivity index is 1.09. The monoisotopic (exact) mass is 721 g/mol. The van der Waals surface area contributed by atoms with Crippen LogP contribution in [0.1, 0.15) is 0 Å². The number of furan rings is 2. The molecule has 0 fully saturated rings. The van der Waals surface area contributed by atoms with E-state index in [0.29, 0.717) is 17.5 Å². The van der Waals surface area contributed by atoms with E-state index in [2.05, 4.69) is 133 Å². The summed E-state index contributed by atoms with van der Waals surface area (Å²) in [5, 5.41) is 8.89. The first-order valence-electron chi connectivity index (χ1n) is 18.3. The van der Waals surface area contributed by atoms with Crippen molar-refractivity contribution in [2.24, 2.45) is 0 Å². The lowest BCUT2D eigenvalue weighted by Gasteiger charge is -2.10. The molecule has 0 N–H and O–H groups in total. The molecular formula is C49H27N3O2S. The van der Waals surface area contributed by atoms with Gasteiger partial charge in [0.25, 0.3) is 0 Å². The Morgan fingerprint density at radius 3 is 1.96 bits per heavy atom. The zero-order valence-electron chi connectivity index (χ0n) is 29.2. The summed E-state index contributed by atoms with van der Waals surface area (Å²) >= 11 is 1.77. The molecule has 0 aliphatic carbocycles. The normalized spacial score (nSPS) is 12.0. The van der Waals surface area contributed by atoms with Crippen LogP contribution in [0.5, 0.6) is 0 Å².